The minimum absolute atomic E-state index is 0.1000. The fourth-order valence-corrected chi connectivity index (χ4v) is 1.40. The third-order valence-corrected chi connectivity index (χ3v) is 2.00. The highest BCUT2D eigenvalue weighted by atomic mass is 16.5. The third-order valence-electron chi connectivity index (χ3n) is 2.00. The lowest BCUT2D eigenvalue weighted by Gasteiger charge is -2.24. The molecule has 1 rings (SSSR count). The van der Waals surface area contributed by atoms with Crippen LogP contribution in [-0.2, 0) is 14.3 Å². The predicted octanol–water partition coefficient (Wildman–Crippen LogP) is 0.0129. The third kappa shape index (κ3) is 3.06. The predicted molar refractivity (Wildman–Crippen MR) is 54.7 cm³/mol. The van der Waals surface area contributed by atoms with Gasteiger partial charge in [-0.2, -0.15) is 0 Å². The summed E-state index contributed by atoms with van der Waals surface area (Å²) in [6.07, 6.45) is 1.62. The maximum Gasteiger partial charge on any atom is 0.335 e. The molecule has 0 atom stereocenters. The molecule has 0 aromatic heterocycles. The van der Waals surface area contributed by atoms with E-state index in [1.54, 1.807) is 0 Å². The molecule has 2 N–H and O–H groups in total. The molecule has 15 heavy (non-hydrogen) atoms. The molecule has 5 heteroatoms. The van der Waals surface area contributed by atoms with Crippen molar-refractivity contribution in [3.05, 3.63) is 11.8 Å². The fraction of sp³-hybridized carbons (Fsp3) is 0.600. The summed E-state index contributed by atoms with van der Waals surface area (Å²) in [6, 6.07) is 0. The Balaban J connectivity index is 2.72. The molecule has 1 aliphatic heterocycles. The van der Waals surface area contributed by atoms with Gasteiger partial charge in [0, 0.05) is 18.3 Å². The van der Waals surface area contributed by atoms with Crippen LogP contribution in [-0.4, -0.2) is 36.0 Å². The average molecular weight is 212 g/mol. The maximum atomic E-state index is 11.5. The van der Waals surface area contributed by atoms with E-state index in [2.05, 4.69) is 4.74 Å². The van der Waals surface area contributed by atoms with Gasteiger partial charge in [0.05, 0.1) is 19.1 Å². The molecule has 1 aliphatic rings. The monoisotopic (exact) mass is 212 g/mol. The van der Waals surface area contributed by atoms with Crippen LogP contribution in [0, 0.1) is 0 Å². The smallest absolute Gasteiger partial charge is 0.335 e. The molecule has 0 aliphatic carbocycles. The molecule has 5 nitrogen and oxygen atoms in total. The number of esters is 1. The summed E-state index contributed by atoms with van der Waals surface area (Å²) in [7, 11) is 1.29. The molecule has 0 aromatic rings. The Morgan fingerprint density at radius 2 is 2.27 bits per heavy atom. The number of nitrogens with two attached hydrogens (primary N) is 1. The first kappa shape index (κ1) is 11.7. The highest BCUT2D eigenvalue weighted by Crippen LogP contribution is 2.18. The average Bonchev–Trinajstić information content (AvgIpc) is 2.44. The van der Waals surface area contributed by atoms with Crippen LogP contribution in [0.5, 0.6) is 0 Å². The van der Waals surface area contributed by atoms with E-state index in [1.165, 1.54) is 18.2 Å². The van der Waals surface area contributed by atoms with Gasteiger partial charge in [-0.3, -0.25) is 4.79 Å². The molecular weight excluding hydrogens is 196 g/mol. The van der Waals surface area contributed by atoms with Crippen molar-refractivity contribution in [2.24, 2.45) is 5.73 Å². The Labute approximate surface area is 88.9 Å². The second-order valence-corrected chi connectivity index (χ2v) is 4.33. The molecule has 84 valence electrons. The number of carbonyl (C=O) groups excluding carboxylic acids is 2. The van der Waals surface area contributed by atoms with E-state index < -0.39 is 11.5 Å². The first-order valence-electron chi connectivity index (χ1n) is 4.71. The lowest BCUT2D eigenvalue weighted by molar-refractivity contribution is -0.137. The van der Waals surface area contributed by atoms with Gasteiger partial charge in [-0.05, 0) is 13.8 Å². The highest BCUT2D eigenvalue weighted by molar-refractivity contribution is 5.98. The normalized spacial score (nSPS) is 16.7. The van der Waals surface area contributed by atoms with Gasteiger partial charge in [-0.15, -0.1) is 0 Å². The number of ether oxygens (including phenoxy) is 1. The van der Waals surface area contributed by atoms with Crippen LogP contribution in [0.4, 0.5) is 0 Å². The summed E-state index contributed by atoms with van der Waals surface area (Å²) >= 11 is 0. The summed E-state index contributed by atoms with van der Waals surface area (Å²) in [5.41, 5.74) is 5.70. The number of hydrogen-bond acceptors (Lipinski definition) is 4. The molecule has 0 saturated carbocycles. The van der Waals surface area contributed by atoms with Gasteiger partial charge in [0.15, 0.2) is 0 Å². The topological polar surface area (TPSA) is 72.6 Å². The lowest BCUT2D eigenvalue weighted by atomic mass is 10.1. The first-order chi connectivity index (χ1) is 6.83. The Morgan fingerprint density at radius 3 is 2.73 bits per heavy atom. The summed E-state index contributed by atoms with van der Waals surface area (Å²) in [6.45, 7) is 4.04. The number of amides is 1. The second kappa shape index (κ2) is 4.02. The molecule has 0 bridgehead atoms. The quantitative estimate of drug-likeness (QED) is 0.669. The molecule has 0 radical (unpaired) electrons. The van der Waals surface area contributed by atoms with Crippen LogP contribution in [0.25, 0.3) is 0 Å². The van der Waals surface area contributed by atoms with Crippen LogP contribution in [0.1, 0.15) is 20.3 Å². The van der Waals surface area contributed by atoms with E-state index in [0.717, 1.165) is 0 Å². The maximum absolute atomic E-state index is 11.5. The molecule has 0 spiro atoms. The van der Waals surface area contributed by atoms with E-state index in [-0.39, 0.29) is 12.3 Å². The van der Waals surface area contributed by atoms with Gasteiger partial charge in [-0.1, -0.05) is 0 Å². The second-order valence-electron chi connectivity index (χ2n) is 4.33. The van der Waals surface area contributed by atoms with Crippen molar-refractivity contribution in [3.8, 4) is 0 Å². The van der Waals surface area contributed by atoms with Crippen molar-refractivity contribution in [3.63, 3.8) is 0 Å². The summed E-state index contributed by atoms with van der Waals surface area (Å²) in [5.74, 6) is -0.574. The van der Waals surface area contributed by atoms with Gasteiger partial charge in [0.25, 0.3) is 0 Å². The van der Waals surface area contributed by atoms with E-state index in [9.17, 15) is 9.59 Å². The van der Waals surface area contributed by atoms with Crippen LogP contribution >= 0.6 is 0 Å². The zero-order valence-corrected chi connectivity index (χ0v) is 9.24. The van der Waals surface area contributed by atoms with Crippen molar-refractivity contribution in [1.29, 1.82) is 0 Å². The molecule has 1 heterocycles. The minimum Gasteiger partial charge on any atom is -0.466 e. The molecule has 0 unspecified atom stereocenters. The van der Waals surface area contributed by atoms with E-state index in [0.29, 0.717) is 12.1 Å². The summed E-state index contributed by atoms with van der Waals surface area (Å²) in [5, 5.41) is 0. The Morgan fingerprint density at radius 1 is 1.67 bits per heavy atom. The van der Waals surface area contributed by atoms with Crippen LogP contribution < -0.4 is 5.73 Å². The van der Waals surface area contributed by atoms with E-state index in [1.807, 2.05) is 13.8 Å². The molecule has 0 saturated heterocycles. The highest BCUT2D eigenvalue weighted by Gasteiger charge is 2.29. The zero-order chi connectivity index (χ0) is 11.6. The number of nitrogens with zero attached hydrogens (tertiary/aromatic N) is 1. The molecule has 1 amide bonds. The molecular formula is C10H16N2O3. The van der Waals surface area contributed by atoms with Gasteiger partial charge in [0.1, 0.15) is 0 Å². The van der Waals surface area contributed by atoms with Crippen molar-refractivity contribution in [2.75, 3.05) is 13.7 Å². The van der Waals surface area contributed by atoms with Gasteiger partial charge >= 0.3 is 5.97 Å². The fourth-order valence-electron chi connectivity index (χ4n) is 1.40. The SMILES string of the molecule is COC(=O)C1=CN(CC(C)(C)N)C(=O)C1. The Hall–Kier alpha value is -1.36. The Kier molecular flexibility index (Phi) is 3.14. The number of carbonyl (C=O) groups is 2. The Bertz CT molecular complexity index is 315. The summed E-state index contributed by atoms with van der Waals surface area (Å²) in [4.78, 5) is 24.1. The minimum atomic E-state index is -0.474. The standard InChI is InChI=1S/C10H16N2O3/c1-10(2,11)6-12-5-7(4-8(12)13)9(14)15-3/h5H,4,6,11H2,1-3H3. The van der Waals surface area contributed by atoms with Gasteiger partial charge in [-0.25, -0.2) is 4.79 Å². The van der Waals surface area contributed by atoms with Crippen molar-refractivity contribution < 1.29 is 14.3 Å². The molecule has 0 fully saturated rings. The van der Waals surface area contributed by atoms with Crippen LogP contribution in [0.2, 0.25) is 0 Å². The van der Waals surface area contributed by atoms with Crippen molar-refractivity contribution in [1.82, 2.24) is 4.90 Å². The zero-order valence-electron chi connectivity index (χ0n) is 9.24. The number of hydrogen-bond donors (Lipinski definition) is 1. The van der Waals surface area contributed by atoms with Gasteiger partial charge in [0.2, 0.25) is 5.91 Å². The van der Waals surface area contributed by atoms with Crippen LogP contribution in [0.3, 0.4) is 0 Å². The summed E-state index contributed by atoms with van der Waals surface area (Å²) < 4.78 is 4.54. The van der Waals surface area contributed by atoms with Crippen molar-refractivity contribution in [2.45, 2.75) is 25.8 Å². The molecule has 0 aromatic carbocycles. The van der Waals surface area contributed by atoms with E-state index >= 15 is 0 Å². The number of methoxy groups -OCH3 is 1. The largest absolute Gasteiger partial charge is 0.466 e. The van der Waals surface area contributed by atoms with E-state index in [4.69, 9.17) is 5.73 Å². The van der Waals surface area contributed by atoms with Crippen molar-refractivity contribution >= 4 is 11.9 Å². The van der Waals surface area contributed by atoms with Crippen LogP contribution in [0.15, 0.2) is 11.8 Å². The lowest BCUT2D eigenvalue weighted by Crippen LogP contribution is -2.44. The first-order valence-corrected chi connectivity index (χ1v) is 4.71. The van der Waals surface area contributed by atoms with Gasteiger partial charge < -0.3 is 15.4 Å². The number of rotatable bonds is 3.